The first-order valence-electron chi connectivity index (χ1n) is 11.4. The van der Waals surface area contributed by atoms with Crippen LogP contribution in [0, 0.1) is 0 Å². The van der Waals surface area contributed by atoms with E-state index in [-0.39, 0.29) is 47.9 Å². The van der Waals surface area contributed by atoms with Crippen LogP contribution in [0.25, 0.3) is 11.4 Å². The monoisotopic (exact) mass is 503 g/mol. The van der Waals surface area contributed by atoms with Crippen molar-refractivity contribution in [1.29, 1.82) is 0 Å². The molecule has 2 aliphatic heterocycles. The number of rotatable bonds is 6. The summed E-state index contributed by atoms with van der Waals surface area (Å²) >= 11 is 0. The molecule has 2 aliphatic rings. The summed E-state index contributed by atoms with van der Waals surface area (Å²) < 4.78 is 42.7. The second-order valence-corrected chi connectivity index (χ2v) is 10.3. The van der Waals surface area contributed by atoms with Gasteiger partial charge in [0.05, 0.1) is 12.2 Å². The van der Waals surface area contributed by atoms with E-state index in [4.69, 9.17) is 13.7 Å². The van der Waals surface area contributed by atoms with Gasteiger partial charge in [-0.1, -0.05) is 5.16 Å². The minimum absolute atomic E-state index is 0.146. The number of nitrogens with zero attached hydrogens (tertiary/aromatic N) is 3. The van der Waals surface area contributed by atoms with Crippen molar-refractivity contribution in [3.8, 4) is 11.4 Å². The number of aromatic amines is 1. The third-order valence-electron chi connectivity index (χ3n) is 6.22. The Bertz CT molecular complexity index is 1400. The van der Waals surface area contributed by atoms with Crippen LogP contribution in [0.2, 0.25) is 0 Å². The number of carbonyl (C=O) groups excluding carboxylic acids is 1. The number of pyridine rings is 1. The molecule has 1 fully saturated rings. The van der Waals surface area contributed by atoms with E-state index in [0.29, 0.717) is 30.8 Å². The maximum atomic E-state index is 13.0. The number of sulfonamides is 1. The van der Waals surface area contributed by atoms with E-state index in [2.05, 4.69) is 20.4 Å². The van der Waals surface area contributed by atoms with Crippen LogP contribution in [0.3, 0.4) is 0 Å². The van der Waals surface area contributed by atoms with Crippen molar-refractivity contribution in [2.45, 2.75) is 43.7 Å². The topological polar surface area (TPSA) is 161 Å². The number of hydrogen-bond acceptors (Lipinski definition) is 10. The Kier molecular flexibility index (Phi) is 6.30. The Labute approximate surface area is 200 Å². The highest BCUT2D eigenvalue weighted by Crippen LogP contribution is 2.31. The predicted molar refractivity (Wildman–Crippen MR) is 121 cm³/mol. The van der Waals surface area contributed by atoms with Crippen molar-refractivity contribution in [3.05, 3.63) is 51.5 Å². The average Bonchev–Trinajstić information content (AvgIpc) is 3.55. The largest absolute Gasteiger partial charge is 0.460 e. The molecule has 12 nitrogen and oxygen atoms in total. The molecule has 0 aromatic carbocycles. The normalized spacial score (nSPS) is 17.3. The Morgan fingerprint density at radius 3 is 2.86 bits per heavy atom. The van der Waals surface area contributed by atoms with Crippen LogP contribution >= 0.6 is 0 Å². The van der Waals surface area contributed by atoms with Crippen molar-refractivity contribution < 1.29 is 26.9 Å². The van der Waals surface area contributed by atoms with Crippen LogP contribution in [0.1, 0.15) is 53.4 Å². The molecule has 13 heteroatoms. The summed E-state index contributed by atoms with van der Waals surface area (Å²) in [6.07, 6.45) is 1.67. The van der Waals surface area contributed by atoms with Gasteiger partial charge in [0.15, 0.2) is 0 Å². The van der Waals surface area contributed by atoms with Crippen LogP contribution in [0.5, 0.6) is 0 Å². The molecule has 35 heavy (non-hydrogen) atoms. The highest BCUT2D eigenvalue weighted by molar-refractivity contribution is 7.89. The zero-order valence-corrected chi connectivity index (χ0v) is 19.9. The summed E-state index contributed by atoms with van der Waals surface area (Å²) in [5.41, 5.74) is 2.00. The minimum Gasteiger partial charge on any atom is -0.460 e. The molecule has 0 unspecified atom stereocenters. The van der Waals surface area contributed by atoms with Crippen molar-refractivity contribution >= 4 is 16.0 Å². The molecule has 0 radical (unpaired) electrons. The molecule has 0 aliphatic carbocycles. The molecular weight excluding hydrogens is 478 g/mol. The van der Waals surface area contributed by atoms with Gasteiger partial charge in [0.1, 0.15) is 0 Å². The molecule has 1 saturated heterocycles. The standard InChI is InChI=1S/C22H25N5O7S/c1-2-32-22(29)17-3-4-18(33-17)35(30,31)27-9-6-13(7-10-27)21-25-19(26-34-21)15-11-14-12-23-8-5-16(14)24-20(15)28/h3-4,11,13,23H,2,5-10,12H2,1H3,(H,24,28). The molecule has 0 amide bonds. The summed E-state index contributed by atoms with van der Waals surface area (Å²) in [7, 11) is -3.91. The zero-order chi connectivity index (χ0) is 24.6. The van der Waals surface area contributed by atoms with Gasteiger partial charge in [0.25, 0.3) is 15.6 Å². The summed E-state index contributed by atoms with van der Waals surface area (Å²) in [6.45, 7) is 3.71. The van der Waals surface area contributed by atoms with Crippen LogP contribution in [-0.4, -0.2) is 60.1 Å². The maximum Gasteiger partial charge on any atom is 0.374 e. The molecule has 0 atom stereocenters. The Balaban J connectivity index is 1.27. The average molecular weight is 504 g/mol. The molecule has 5 rings (SSSR count). The Morgan fingerprint density at radius 1 is 1.29 bits per heavy atom. The zero-order valence-electron chi connectivity index (χ0n) is 19.1. The van der Waals surface area contributed by atoms with E-state index in [1.165, 1.54) is 16.4 Å². The van der Waals surface area contributed by atoms with Crippen LogP contribution in [0.15, 0.2) is 37.0 Å². The number of H-pyrrole nitrogens is 1. The number of aromatic nitrogens is 3. The fourth-order valence-corrected chi connectivity index (χ4v) is 5.73. The van der Waals surface area contributed by atoms with Gasteiger partial charge >= 0.3 is 5.97 Å². The maximum absolute atomic E-state index is 13.0. The molecule has 0 bridgehead atoms. The Morgan fingerprint density at radius 2 is 2.09 bits per heavy atom. The highest BCUT2D eigenvalue weighted by Gasteiger charge is 2.34. The number of esters is 1. The van der Waals surface area contributed by atoms with Gasteiger partial charge in [0.2, 0.25) is 22.6 Å². The summed E-state index contributed by atoms with van der Waals surface area (Å²) in [6, 6.07) is 4.33. The lowest BCUT2D eigenvalue weighted by Gasteiger charge is -2.28. The lowest BCUT2D eigenvalue weighted by molar-refractivity contribution is 0.0483. The number of ether oxygens (including phenoxy) is 1. The molecular formula is C22H25N5O7S. The van der Waals surface area contributed by atoms with Crippen molar-refractivity contribution in [2.24, 2.45) is 0 Å². The molecule has 0 spiro atoms. The number of furan rings is 1. The molecule has 5 heterocycles. The van der Waals surface area contributed by atoms with Gasteiger partial charge in [-0.05, 0) is 43.5 Å². The summed E-state index contributed by atoms with van der Waals surface area (Å²) in [5.74, 6) is -0.435. The van der Waals surface area contributed by atoms with Gasteiger partial charge in [-0.15, -0.1) is 0 Å². The van der Waals surface area contributed by atoms with E-state index in [0.717, 1.165) is 24.2 Å². The van der Waals surface area contributed by atoms with Crippen LogP contribution in [0.4, 0.5) is 0 Å². The smallest absolute Gasteiger partial charge is 0.374 e. The lowest BCUT2D eigenvalue weighted by Crippen LogP contribution is -2.37. The number of fused-ring (bicyclic) bond motifs is 1. The SMILES string of the molecule is CCOC(=O)c1ccc(S(=O)(=O)N2CCC(c3nc(-c4cc5c([nH]c4=O)CCNC5)no3)CC2)o1. The highest BCUT2D eigenvalue weighted by atomic mass is 32.2. The predicted octanol–water partition coefficient (Wildman–Crippen LogP) is 1.41. The van der Waals surface area contributed by atoms with Crippen molar-refractivity contribution in [2.75, 3.05) is 26.2 Å². The molecule has 3 aromatic rings. The van der Waals surface area contributed by atoms with E-state index < -0.39 is 16.0 Å². The molecule has 0 saturated carbocycles. The lowest BCUT2D eigenvalue weighted by atomic mass is 9.98. The fourth-order valence-electron chi connectivity index (χ4n) is 4.35. The second kappa shape index (κ2) is 9.40. The van der Waals surface area contributed by atoms with Crippen molar-refractivity contribution in [1.82, 2.24) is 24.7 Å². The van der Waals surface area contributed by atoms with Gasteiger partial charge in [0, 0.05) is 44.2 Å². The first kappa shape index (κ1) is 23.5. The van der Waals surface area contributed by atoms with E-state index >= 15 is 0 Å². The van der Waals surface area contributed by atoms with Crippen LogP contribution in [-0.2, 0) is 27.7 Å². The number of carbonyl (C=O) groups is 1. The fraction of sp³-hybridized carbons (Fsp3) is 0.455. The molecule has 3 aromatic heterocycles. The first-order valence-corrected chi connectivity index (χ1v) is 12.9. The first-order chi connectivity index (χ1) is 16.9. The summed E-state index contributed by atoms with van der Waals surface area (Å²) in [4.78, 5) is 31.7. The molecule has 2 N–H and O–H groups in total. The van der Waals surface area contributed by atoms with Gasteiger partial charge < -0.3 is 24.0 Å². The number of piperidine rings is 1. The third kappa shape index (κ3) is 4.54. The molecule has 186 valence electrons. The second-order valence-electron chi connectivity index (χ2n) is 8.42. The number of nitrogens with one attached hydrogen (secondary N) is 2. The third-order valence-corrected chi connectivity index (χ3v) is 7.99. The quantitative estimate of drug-likeness (QED) is 0.471. The number of hydrogen-bond donors (Lipinski definition) is 2. The van der Waals surface area contributed by atoms with Crippen molar-refractivity contribution in [3.63, 3.8) is 0 Å². The van der Waals surface area contributed by atoms with E-state index in [1.807, 2.05) is 0 Å². The summed E-state index contributed by atoms with van der Waals surface area (Å²) in [5, 5.41) is 6.97. The van der Waals surface area contributed by atoms with Gasteiger partial charge in [-0.2, -0.15) is 9.29 Å². The Hall–Kier alpha value is -3.29. The minimum atomic E-state index is -3.91. The van der Waals surface area contributed by atoms with E-state index in [9.17, 15) is 18.0 Å². The van der Waals surface area contributed by atoms with Crippen LogP contribution < -0.4 is 10.9 Å². The van der Waals surface area contributed by atoms with E-state index in [1.54, 1.807) is 13.0 Å². The van der Waals surface area contributed by atoms with Gasteiger partial charge in [-0.3, -0.25) is 4.79 Å². The van der Waals surface area contributed by atoms with Gasteiger partial charge in [-0.25, -0.2) is 13.2 Å².